The van der Waals surface area contributed by atoms with E-state index >= 15 is 0 Å². The van der Waals surface area contributed by atoms with Crippen LogP contribution in [0.2, 0.25) is 0 Å². The van der Waals surface area contributed by atoms with E-state index in [1.807, 2.05) is 26.0 Å². The molecule has 1 unspecified atom stereocenters. The Morgan fingerprint density at radius 3 is 2.42 bits per heavy atom. The highest BCUT2D eigenvalue weighted by Crippen LogP contribution is 2.28. The molecule has 0 aliphatic heterocycles. The molecule has 3 amide bonds. The number of carbonyl (C=O) groups is 3. The van der Waals surface area contributed by atoms with Crippen LogP contribution in [0.3, 0.4) is 0 Å². The van der Waals surface area contributed by atoms with Crippen LogP contribution in [-0.2, 0) is 16.0 Å². The van der Waals surface area contributed by atoms with Gasteiger partial charge in [-0.25, -0.2) is 4.98 Å². The Labute approximate surface area is 187 Å². The van der Waals surface area contributed by atoms with E-state index in [1.54, 1.807) is 22.4 Å². The van der Waals surface area contributed by atoms with Crippen molar-refractivity contribution in [2.45, 2.75) is 59.0 Å². The summed E-state index contributed by atoms with van der Waals surface area (Å²) in [6.07, 6.45) is 2.00. The summed E-state index contributed by atoms with van der Waals surface area (Å²) in [7, 11) is 0. The predicted octanol–water partition coefficient (Wildman–Crippen LogP) is 3.40. The third kappa shape index (κ3) is 6.62. The molecule has 1 aliphatic rings. The van der Waals surface area contributed by atoms with Gasteiger partial charge in [0.1, 0.15) is 6.54 Å². The third-order valence-electron chi connectivity index (χ3n) is 5.39. The fourth-order valence-electron chi connectivity index (χ4n) is 3.01. The van der Waals surface area contributed by atoms with Crippen molar-refractivity contribution in [3.05, 3.63) is 46.5 Å². The molecule has 3 rings (SSSR count). The van der Waals surface area contributed by atoms with Gasteiger partial charge in [-0.05, 0) is 44.7 Å². The van der Waals surface area contributed by atoms with Gasteiger partial charge in [-0.2, -0.15) is 0 Å². The van der Waals surface area contributed by atoms with Gasteiger partial charge in [0.05, 0.1) is 12.1 Å². The normalized spacial score (nSPS) is 14.2. The first-order valence-corrected chi connectivity index (χ1v) is 11.5. The minimum atomic E-state index is -0.286. The third-order valence-corrected chi connectivity index (χ3v) is 6.20. The van der Waals surface area contributed by atoms with E-state index in [1.165, 1.54) is 11.3 Å². The lowest BCUT2D eigenvalue weighted by Gasteiger charge is -2.21. The van der Waals surface area contributed by atoms with Crippen molar-refractivity contribution in [3.8, 4) is 0 Å². The van der Waals surface area contributed by atoms with Crippen LogP contribution < -0.4 is 10.6 Å². The predicted molar refractivity (Wildman–Crippen MR) is 122 cm³/mol. The van der Waals surface area contributed by atoms with Crippen LogP contribution in [0.25, 0.3) is 0 Å². The van der Waals surface area contributed by atoms with E-state index in [0.29, 0.717) is 22.3 Å². The molecule has 7 nitrogen and oxygen atoms in total. The average Bonchev–Trinajstić information content (AvgIpc) is 3.47. The van der Waals surface area contributed by atoms with E-state index in [4.69, 9.17) is 0 Å². The fraction of sp³-hybridized carbons (Fsp3) is 0.478. The number of amides is 3. The molecule has 0 saturated heterocycles. The van der Waals surface area contributed by atoms with Gasteiger partial charge in [-0.15, -0.1) is 11.3 Å². The first-order valence-electron chi connectivity index (χ1n) is 10.6. The van der Waals surface area contributed by atoms with Crippen LogP contribution in [0.4, 0.5) is 5.13 Å². The lowest BCUT2D eigenvalue weighted by molar-refractivity contribution is -0.121. The molecule has 1 fully saturated rings. The van der Waals surface area contributed by atoms with Crippen molar-refractivity contribution in [3.63, 3.8) is 0 Å². The number of carbonyl (C=O) groups excluding carboxylic acids is 3. The number of hydrogen-bond acceptors (Lipinski definition) is 5. The lowest BCUT2D eigenvalue weighted by Crippen LogP contribution is -2.39. The first kappa shape index (κ1) is 22.9. The van der Waals surface area contributed by atoms with Crippen molar-refractivity contribution >= 4 is 34.2 Å². The Hall–Kier alpha value is -2.74. The molecule has 1 aromatic heterocycles. The molecular formula is C23H30N4O3S. The summed E-state index contributed by atoms with van der Waals surface area (Å²) < 4.78 is 0. The Balaban J connectivity index is 1.55. The molecule has 1 aromatic carbocycles. The zero-order chi connectivity index (χ0) is 22.5. The highest BCUT2D eigenvalue weighted by Gasteiger charge is 2.34. The number of aromatic nitrogens is 1. The molecule has 2 aromatic rings. The maximum atomic E-state index is 12.9. The topological polar surface area (TPSA) is 91.4 Å². The number of thiazole rings is 1. The Bertz CT molecular complexity index is 935. The van der Waals surface area contributed by atoms with Gasteiger partial charge in [0.2, 0.25) is 11.8 Å². The number of nitrogens with zero attached hydrogens (tertiary/aromatic N) is 2. The summed E-state index contributed by atoms with van der Waals surface area (Å²) in [6.45, 7) is 8.03. The average molecular weight is 443 g/mol. The zero-order valence-corrected chi connectivity index (χ0v) is 19.3. The minimum Gasteiger partial charge on any atom is -0.353 e. The van der Waals surface area contributed by atoms with Crippen LogP contribution in [-0.4, -0.2) is 46.2 Å². The van der Waals surface area contributed by atoms with Crippen LogP contribution in [0.1, 0.15) is 55.2 Å². The summed E-state index contributed by atoms with van der Waals surface area (Å²) in [5.74, 6) is -0.154. The molecule has 0 radical (unpaired) electrons. The van der Waals surface area contributed by atoms with Gasteiger partial charge in [0.25, 0.3) is 5.91 Å². The zero-order valence-electron chi connectivity index (χ0n) is 18.5. The molecule has 1 atom stereocenters. The number of hydrogen-bond donors (Lipinski definition) is 2. The second-order valence-electron chi connectivity index (χ2n) is 8.50. The van der Waals surface area contributed by atoms with Crippen LogP contribution >= 0.6 is 11.3 Å². The van der Waals surface area contributed by atoms with Crippen LogP contribution in [0.5, 0.6) is 0 Å². The van der Waals surface area contributed by atoms with E-state index < -0.39 is 0 Å². The highest BCUT2D eigenvalue weighted by atomic mass is 32.1. The smallest absolute Gasteiger partial charge is 0.254 e. The molecule has 0 spiro atoms. The lowest BCUT2D eigenvalue weighted by atomic mass is 10.1. The molecule has 166 valence electrons. The number of aryl methyl sites for hydroxylation is 1. The molecule has 2 N–H and O–H groups in total. The van der Waals surface area contributed by atoms with E-state index in [0.717, 1.165) is 18.4 Å². The second kappa shape index (κ2) is 10.0. The number of nitrogens with one attached hydrogen (secondary N) is 2. The quantitative estimate of drug-likeness (QED) is 0.623. The molecular weight excluding hydrogens is 412 g/mol. The first-order chi connectivity index (χ1) is 14.7. The number of rotatable bonds is 9. The van der Waals surface area contributed by atoms with Crippen LogP contribution in [0.15, 0.2) is 29.6 Å². The standard InChI is InChI=1S/C23H30N4O3S/c1-14(2)16(4)24-20(28)11-18-13-31-23(25-18)26-21(29)12-27(19-9-10-19)22(30)17-7-5-15(3)6-8-17/h5-8,13-14,16,19H,9-12H2,1-4H3,(H,24,28)(H,25,26,29). The number of benzene rings is 1. The maximum Gasteiger partial charge on any atom is 0.254 e. The summed E-state index contributed by atoms with van der Waals surface area (Å²) >= 11 is 1.28. The van der Waals surface area contributed by atoms with Gasteiger partial charge in [0.15, 0.2) is 5.13 Å². The molecule has 31 heavy (non-hydrogen) atoms. The van der Waals surface area contributed by atoms with Gasteiger partial charge < -0.3 is 15.5 Å². The highest BCUT2D eigenvalue weighted by molar-refractivity contribution is 7.13. The second-order valence-corrected chi connectivity index (χ2v) is 9.36. The van der Waals surface area contributed by atoms with Crippen molar-refractivity contribution in [1.82, 2.24) is 15.2 Å². The largest absolute Gasteiger partial charge is 0.353 e. The van der Waals surface area contributed by atoms with Gasteiger partial charge in [-0.1, -0.05) is 31.5 Å². The van der Waals surface area contributed by atoms with Gasteiger partial charge in [0, 0.05) is 23.0 Å². The van der Waals surface area contributed by atoms with Crippen LogP contribution in [0, 0.1) is 12.8 Å². The van der Waals surface area contributed by atoms with Gasteiger partial charge in [-0.3, -0.25) is 14.4 Å². The Morgan fingerprint density at radius 1 is 1.13 bits per heavy atom. The fourth-order valence-corrected chi connectivity index (χ4v) is 3.74. The monoisotopic (exact) mass is 442 g/mol. The molecule has 1 saturated carbocycles. The molecule has 1 heterocycles. The van der Waals surface area contributed by atoms with Crippen molar-refractivity contribution < 1.29 is 14.4 Å². The van der Waals surface area contributed by atoms with Crippen molar-refractivity contribution in [2.75, 3.05) is 11.9 Å². The van der Waals surface area contributed by atoms with E-state index in [-0.39, 0.29) is 42.8 Å². The molecule has 1 aliphatic carbocycles. The Morgan fingerprint density at radius 2 is 1.81 bits per heavy atom. The summed E-state index contributed by atoms with van der Waals surface area (Å²) in [5, 5.41) is 7.92. The van der Waals surface area contributed by atoms with E-state index in [9.17, 15) is 14.4 Å². The minimum absolute atomic E-state index is 0.0152. The summed E-state index contributed by atoms with van der Waals surface area (Å²) in [5.41, 5.74) is 2.28. The molecule has 0 bridgehead atoms. The summed E-state index contributed by atoms with van der Waals surface area (Å²) in [4.78, 5) is 43.6. The summed E-state index contributed by atoms with van der Waals surface area (Å²) in [6, 6.07) is 7.58. The SMILES string of the molecule is Cc1ccc(C(=O)N(CC(=O)Nc2nc(CC(=O)NC(C)C(C)C)cs2)C2CC2)cc1. The molecule has 8 heteroatoms. The number of anilines is 1. The maximum absolute atomic E-state index is 12.9. The Kier molecular flexibility index (Phi) is 7.43. The van der Waals surface area contributed by atoms with Crippen molar-refractivity contribution in [2.24, 2.45) is 5.92 Å². The van der Waals surface area contributed by atoms with Gasteiger partial charge >= 0.3 is 0 Å². The van der Waals surface area contributed by atoms with Crippen molar-refractivity contribution in [1.29, 1.82) is 0 Å². The van der Waals surface area contributed by atoms with E-state index in [2.05, 4.69) is 29.5 Å².